The number of benzene rings is 1. The summed E-state index contributed by atoms with van der Waals surface area (Å²) >= 11 is 0. The summed E-state index contributed by atoms with van der Waals surface area (Å²) in [5, 5.41) is 29.8. The first kappa shape index (κ1) is 23.8. The molecule has 0 atom stereocenters. The summed E-state index contributed by atoms with van der Waals surface area (Å²) in [6.07, 6.45) is 15.9. The van der Waals surface area contributed by atoms with Crippen LogP contribution in [0.5, 0.6) is 0 Å². The first-order valence-electron chi connectivity index (χ1n) is 13.0. The van der Waals surface area contributed by atoms with E-state index >= 15 is 0 Å². The summed E-state index contributed by atoms with van der Waals surface area (Å²) in [7, 11) is 0. The predicted octanol–water partition coefficient (Wildman–Crippen LogP) is 7.25. The molecule has 2 bridgehead atoms. The molecule has 0 amide bonds. The van der Waals surface area contributed by atoms with E-state index < -0.39 is 11.4 Å². The molecule has 0 radical (unpaired) electrons. The van der Waals surface area contributed by atoms with Crippen LogP contribution in [0.4, 0.5) is 0 Å². The van der Waals surface area contributed by atoms with Crippen LogP contribution in [0, 0.1) is 38.9 Å². The average molecular weight is 447 g/mol. The first-order chi connectivity index (χ1) is 15.9. The van der Waals surface area contributed by atoms with Gasteiger partial charge in [-0.05, 0) is 105 Å². The van der Waals surface area contributed by atoms with Gasteiger partial charge in [-0.15, -0.1) is 0 Å². The van der Waals surface area contributed by atoms with Crippen molar-refractivity contribution in [3.05, 3.63) is 34.9 Å². The van der Waals surface area contributed by atoms with Gasteiger partial charge in [0.05, 0.1) is 16.5 Å². The van der Waals surface area contributed by atoms with E-state index in [0.717, 1.165) is 19.3 Å². The Kier molecular flexibility index (Phi) is 6.34. The lowest BCUT2D eigenvalue weighted by Crippen LogP contribution is -2.55. The fourth-order valence-corrected chi connectivity index (χ4v) is 8.41. The lowest BCUT2D eigenvalue weighted by Gasteiger charge is -2.64. The van der Waals surface area contributed by atoms with Gasteiger partial charge in [0.1, 0.15) is 12.1 Å². The molecule has 0 aromatic heterocycles. The number of fused-ring (bicyclic) bond motifs is 3. The highest BCUT2D eigenvalue weighted by atomic mass is 16.4. The van der Waals surface area contributed by atoms with E-state index in [0.29, 0.717) is 29.2 Å². The topological polar surface area (TPSA) is 84.9 Å². The highest BCUT2D eigenvalue weighted by Crippen LogP contribution is 2.70. The van der Waals surface area contributed by atoms with Crippen LogP contribution in [-0.2, 0) is 10.2 Å². The van der Waals surface area contributed by atoms with Crippen molar-refractivity contribution >= 4 is 5.97 Å². The number of rotatable bonds is 7. The molecular weight excluding hydrogens is 408 g/mol. The molecule has 176 valence electrons. The molecule has 4 fully saturated rings. The predicted molar refractivity (Wildman–Crippen MR) is 128 cm³/mol. The van der Waals surface area contributed by atoms with Gasteiger partial charge < -0.3 is 5.11 Å². The van der Waals surface area contributed by atoms with Crippen molar-refractivity contribution in [3.63, 3.8) is 0 Å². The fourth-order valence-electron chi connectivity index (χ4n) is 8.41. The summed E-state index contributed by atoms with van der Waals surface area (Å²) in [5.74, 6) is -0.842. The quantitative estimate of drug-likeness (QED) is 0.478. The van der Waals surface area contributed by atoms with E-state index in [9.17, 15) is 20.4 Å². The van der Waals surface area contributed by atoms with Crippen molar-refractivity contribution in [1.82, 2.24) is 0 Å². The zero-order valence-corrected chi connectivity index (χ0v) is 20.4. The summed E-state index contributed by atoms with van der Waals surface area (Å²) in [6.45, 7) is 4.59. The van der Waals surface area contributed by atoms with Crippen LogP contribution >= 0.6 is 0 Å². The Bertz CT molecular complexity index is 963. The van der Waals surface area contributed by atoms with E-state index in [1.165, 1.54) is 57.8 Å². The van der Waals surface area contributed by atoms with E-state index in [1.54, 1.807) is 18.2 Å². The highest BCUT2D eigenvalue weighted by Gasteiger charge is 2.60. The molecule has 0 spiro atoms. The number of carboxylic acids is 1. The first-order valence-corrected chi connectivity index (χ1v) is 13.0. The van der Waals surface area contributed by atoms with Gasteiger partial charge in [0.25, 0.3) is 0 Å². The van der Waals surface area contributed by atoms with E-state index in [-0.39, 0.29) is 16.5 Å². The third-order valence-corrected chi connectivity index (χ3v) is 10.3. The number of carbonyl (C=O) groups is 1. The molecule has 1 N–H and O–H groups in total. The minimum Gasteiger partial charge on any atom is -0.481 e. The van der Waals surface area contributed by atoms with Crippen LogP contribution in [0.15, 0.2) is 18.2 Å². The number of nitriles is 2. The molecule has 1 aromatic carbocycles. The minimum atomic E-state index is -1.07. The lowest BCUT2D eigenvalue weighted by molar-refractivity contribution is -0.154. The Hall–Kier alpha value is -2.33. The second kappa shape index (κ2) is 8.79. The Labute approximate surface area is 199 Å². The van der Waals surface area contributed by atoms with E-state index in [4.69, 9.17) is 0 Å². The third kappa shape index (κ3) is 3.58. The van der Waals surface area contributed by atoms with Crippen molar-refractivity contribution in [2.24, 2.45) is 16.2 Å². The van der Waals surface area contributed by atoms with Crippen LogP contribution < -0.4 is 0 Å². The van der Waals surface area contributed by atoms with Gasteiger partial charge in [-0.2, -0.15) is 10.5 Å². The lowest BCUT2D eigenvalue weighted by atomic mass is 9.41. The summed E-state index contributed by atoms with van der Waals surface area (Å²) in [4.78, 5) is 12.8. The van der Waals surface area contributed by atoms with Crippen molar-refractivity contribution in [3.8, 4) is 12.1 Å². The van der Waals surface area contributed by atoms with Crippen LogP contribution in [0.1, 0.15) is 120 Å². The van der Waals surface area contributed by atoms with Crippen LogP contribution in [0.3, 0.4) is 0 Å². The molecule has 0 unspecified atom stereocenters. The van der Waals surface area contributed by atoms with Crippen LogP contribution in [0.25, 0.3) is 0 Å². The Morgan fingerprint density at radius 3 is 1.97 bits per heavy atom. The Balaban J connectivity index is 1.67. The molecule has 1 aromatic rings. The molecule has 4 aliphatic rings. The van der Waals surface area contributed by atoms with Gasteiger partial charge in [0, 0.05) is 0 Å². The number of hydrogen-bond acceptors (Lipinski definition) is 3. The highest BCUT2D eigenvalue weighted by molar-refractivity contribution is 5.83. The summed E-state index contributed by atoms with van der Waals surface area (Å²) in [5.41, 5.74) is 1.15. The van der Waals surface area contributed by atoms with Gasteiger partial charge in [0.15, 0.2) is 0 Å². The van der Waals surface area contributed by atoms with Crippen molar-refractivity contribution in [1.29, 1.82) is 10.5 Å². The monoisotopic (exact) mass is 446 g/mol. The molecule has 4 aliphatic carbocycles. The molecule has 5 rings (SSSR count). The third-order valence-electron chi connectivity index (χ3n) is 10.3. The number of nitrogens with zero attached hydrogens (tertiary/aromatic N) is 2. The Morgan fingerprint density at radius 2 is 1.48 bits per heavy atom. The van der Waals surface area contributed by atoms with Gasteiger partial charge in [-0.25, -0.2) is 0 Å². The number of hydrogen-bond donors (Lipinski definition) is 1. The number of aliphatic carboxylic acids is 1. The van der Waals surface area contributed by atoms with Crippen molar-refractivity contribution in [2.75, 3.05) is 0 Å². The molecular formula is C29H38N2O2. The molecule has 4 nitrogen and oxygen atoms in total. The van der Waals surface area contributed by atoms with E-state index in [2.05, 4.69) is 26.0 Å². The zero-order chi connectivity index (χ0) is 23.7. The van der Waals surface area contributed by atoms with Gasteiger partial charge >= 0.3 is 5.97 Å². The van der Waals surface area contributed by atoms with Gasteiger partial charge in [-0.3, -0.25) is 4.79 Å². The fraction of sp³-hybridized carbons (Fsp3) is 0.690. The minimum absolute atomic E-state index is 0.207. The SMILES string of the molecule is CCCC12CCC(C3(CCC)CCC(C(=O)O)(c4cccc(C#N)c4C#N)CC3)(CC1)CC2. The largest absolute Gasteiger partial charge is 0.481 e. The maximum atomic E-state index is 12.8. The second-order valence-electron chi connectivity index (χ2n) is 11.4. The molecule has 33 heavy (non-hydrogen) atoms. The zero-order valence-electron chi connectivity index (χ0n) is 20.4. The van der Waals surface area contributed by atoms with Crippen LogP contribution in [0.2, 0.25) is 0 Å². The summed E-state index contributed by atoms with van der Waals surface area (Å²) in [6, 6.07) is 9.38. The molecule has 0 aliphatic heterocycles. The van der Waals surface area contributed by atoms with Gasteiger partial charge in [0.2, 0.25) is 0 Å². The van der Waals surface area contributed by atoms with Crippen molar-refractivity contribution < 1.29 is 9.90 Å². The number of carboxylic acid groups (broad SMARTS) is 1. The Morgan fingerprint density at radius 1 is 0.879 bits per heavy atom. The second-order valence-corrected chi connectivity index (χ2v) is 11.4. The molecule has 4 saturated carbocycles. The van der Waals surface area contributed by atoms with Crippen molar-refractivity contribution in [2.45, 2.75) is 109 Å². The standard InChI is InChI=1S/C29H38N2O2/c1-3-8-26-10-13-28(14-11-26,15-12-26)27(9-4-2)16-18-29(19-17-27,25(32)33)24-7-5-6-22(20-30)23(24)21-31/h5-7H,3-4,8-19H2,1-2H3,(H,32,33). The molecule has 0 saturated heterocycles. The van der Waals surface area contributed by atoms with Gasteiger partial charge in [-0.1, -0.05) is 38.8 Å². The normalized spacial score (nSPS) is 35.5. The summed E-state index contributed by atoms with van der Waals surface area (Å²) < 4.78 is 0. The average Bonchev–Trinajstić information content (AvgIpc) is 2.85. The maximum absolute atomic E-state index is 12.8. The maximum Gasteiger partial charge on any atom is 0.314 e. The van der Waals surface area contributed by atoms with Crippen LogP contribution in [-0.4, -0.2) is 11.1 Å². The smallest absolute Gasteiger partial charge is 0.314 e. The van der Waals surface area contributed by atoms with E-state index in [1.807, 2.05) is 0 Å². The molecule has 4 heteroatoms. The molecule has 0 heterocycles.